The molecule has 2 heterocycles. The van der Waals surface area contributed by atoms with Crippen LogP contribution in [0.25, 0.3) is 5.95 Å². The molecule has 0 aliphatic carbocycles. The van der Waals surface area contributed by atoms with Crippen LogP contribution in [0.1, 0.15) is 24.4 Å². The third-order valence-corrected chi connectivity index (χ3v) is 2.25. The van der Waals surface area contributed by atoms with Crippen LogP contribution in [0, 0.1) is 6.92 Å². The summed E-state index contributed by atoms with van der Waals surface area (Å²) in [5.74, 6) is 0.358. The molecule has 1 N–H and O–H groups in total. The van der Waals surface area contributed by atoms with Crippen LogP contribution in [-0.4, -0.2) is 24.9 Å². The van der Waals surface area contributed by atoms with Gasteiger partial charge in [-0.25, -0.2) is 9.67 Å². The van der Waals surface area contributed by atoms with Crippen LogP contribution in [-0.2, 0) is 0 Å². The maximum atomic E-state index is 9.45. The Morgan fingerprint density at radius 1 is 1.44 bits per heavy atom. The van der Waals surface area contributed by atoms with Gasteiger partial charge in [-0.1, -0.05) is 11.6 Å². The van der Waals surface area contributed by atoms with Crippen molar-refractivity contribution in [3.8, 4) is 5.95 Å². The van der Waals surface area contributed by atoms with E-state index in [4.69, 9.17) is 11.6 Å². The van der Waals surface area contributed by atoms with Crippen LogP contribution in [0.3, 0.4) is 0 Å². The predicted molar refractivity (Wildman–Crippen MR) is 59.5 cm³/mol. The quantitative estimate of drug-likeness (QED) is 0.809. The Morgan fingerprint density at radius 3 is 2.75 bits per heavy atom. The Hall–Kier alpha value is -1.46. The van der Waals surface area contributed by atoms with E-state index in [-0.39, 0.29) is 5.15 Å². The van der Waals surface area contributed by atoms with Gasteiger partial charge in [0.05, 0.1) is 17.5 Å². The highest BCUT2D eigenvalue weighted by Crippen LogP contribution is 2.15. The molecule has 5 nitrogen and oxygen atoms in total. The van der Waals surface area contributed by atoms with Crippen molar-refractivity contribution in [3.63, 3.8) is 0 Å². The Bertz CT molecular complexity index is 509. The first kappa shape index (κ1) is 11.0. The van der Waals surface area contributed by atoms with Gasteiger partial charge in [0.2, 0.25) is 0 Å². The molecular weight excluding hydrogens is 228 g/mol. The molecule has 0 aromatic carbocycles. The monoisotopic (exact) mass is 238 g/mol. The summed E-state index contributed by atoms with van der Waals surface area (Å²) in [7, 11) is 0. The number of rotatable bonds is 2. The van der Waals surface area contributed by atoms with Gasteiger partial charge < -0.3 is 5.11 Å². The van der Waals surface area contributed by atoms with E-state index in [1.165, 1.54) is 10.7 Å². The average Bonchev–Trinajstić information content (AvgIpc) is 2.64. The minimum absolute atomic E-state index is 0.286. The number of aliphatic hydroxyl groups is 1. The summed E-state index contributed by atoms with van der Waals surface area (Å²) < 4.78 is 1.52. The van der Waals surface area contributed by atoms with Crippen molar-refractivity contribution < 1.29 is 5.11 Å². The zero-order valence-electron chi connectivity index (χ0n) is 8.92. The van der Waals surface area contributed by atoms with Gasteiger partial charge in [0.25, 0.3) is 5.95 Å². The van der Waals surface area contributed by atoms with Crippen molar-refractivity contribution in [1.29, 1.82) is 0 Å². The normalized spacial score (nSPS) is 12.8. The van der Waals surface area contributed by atoms with Gasteiger partial charge in [0.15, 0.2) is 0 Å². The summed E-state index contributed by atoms with van der Waals surface area (Å²) in [6.07, 6.45) is 1.06. The molecule has 2 aromatic heterocycles. The second-order valence-electron chi connectivity index (χ2n) is 3.49. The second-order valence-corrected chi connectivity index (χ2v) is 3.88. The van der Waals surface area contributed by atoms with E-state index < -0.39 is 6.10 Å². The highest BCUT2D eigenvalue weighted by Gasteiger charge is 2.09. The van der Waals surface area contributed by atoms with E-state index in [0.29, 0.717) is 11.6 Å². The van der Waals surface area contributed by atoms with Gasteiger partial charge in [-0.2, -0.15) is 10.1 Å². The third-order valence-electron chi connectivity index (χ3n) is 2.06. The Kier molecular flexibility index (Phi) is 2.89. The lowest BCUT2D eigenvalue weighted by molar-refractivity contribution is 0.194. The molecule has 0 amide bonds. The van der Waals surface area contributed by atoms with Gasteiger partial charge in [0.1, 0.15) is 5.15 Å². The van der Waals surface area contributed by atoms with Crippen LogP contribution < -0.4 is 0 Å². The highest BCUT2D eigenvalue weighted by atomic mass is 35.5. The van der Waals surface area contributed by atoms with Crippen molar-refractivity contribution in [2.45, 2.75) is 20.0 Å². The maximum absolute atomic E-state index is 9.45. The van der Waals surface area contributed by atoms with Crippen LogP contribution in [0.15, 0.2) is 18.3 Å². The summed E-state index contributed by atoms with van der Waals surface area (Å²) in [5, 5.41) is 13.9. The fourth-order valence-electron chi connectivity index (χ4n) is 1.27. The van der Waals surface area contributed by atoms with Gasteiger partial charge in [-0.05, 0) is 26.0 Å². The van der Waals surface area contributed by atoms with Crippen LogP contribution in [0.5, 0.6) is 0 Å². The van der Waals surface area contributed by atoms with Crippen molar-refractivity contribution in [3.05, 3.63) is 34.9 Å². The first-order chi connectivity index (χ1) is 7.56. The van der Waals surface area contributed by atoms with Gasteiger partial charge in [-0.3, -0.25) is 0 Å². The number of halogens is 1. The Morgan fingerprint density at radius 2 is 2.19 bits per heavy atom. The van der Waals surface area contributed by atoms with E-state index in [1.54, 1.807) is 13.1 Å². The molecule has 2 rings (SSSR count). The molecule has 2 aromatic rings. The average molecular weight is 239 g/mol. The lowest BCUT2D eigenvalue weighted by Crippen LogP contribution is -2.06. The molecule has 16 heavy (non-hydrogen) atoms. The summed E-state index contributed by atoms with van der Waals surface area (Å²) >= 11 is 5.85. The summed E-state index contributed by atoms with van der Waals surface area (Å²) in [4.78, 5) is 8.22. The van der Waals surface area contributed by atoms with E-state index >= 15 is 0 Å². The predicted octanol–water partition coefficient (Wildman–Crippen LogP) is 1.68. The van der Waals surface area contributed by atoms with Crippen molar-refractivity contribution in [2.75, 3.05) is 0 Å². The summed E-state index contributed by atoms with van der Waals surface area (Å²) in [6.45, 7) is 3.49. The number of hydrogen-bond acceptors (Lipinski definition) is 4. The number of nitrogens with zero attached hydrogens (tertiary/aromatic N) is 4. The van der Waals surface area contributed by atoms with E-state index in [9.17, 15) is 5.11 Å². The molecule has 6 heteroatoms. The lowest BCUT2D eigenvalue weighted by Gasteiger charge is -2.06. The fourth-order valence-corrected chi connectivity index (χ4v) is 1.45. The topological polar surface area (TPSA) is 63.8 Å². The number of aliphatic hydroxyl groups excluding tert-OH is 1. The molecule has 0 saturated heterocycles. The minimum atomic E-state index is -0.684. The molecule has 0 aliphatic heterocycles. The smallest absolute Gasteiger partial charge is 0.252 e. The van der Waals surface area contributed by atoms with E-state index in [1.807, 2.05) is 13.0 Å². The largest absolute Gasteiger partial charge is 0.387 e. The molecular formula is C10H11ClN4O. The molecule has 0 spiro atoms. The van der Waals surface area contributed by atoms with Crippen molar-refractivity contribution in [1.82, 2.24) is 19.7 Å². The number of aryl methyl sites for hydroxylation is 1. The molecule has 1 unspecified atom stereocenters. The summed E-state index contributed by atoms with van der Waals surface area (Å²) in [5.41, 5.74) is 1.34. The molecule has 0 aliphatic rings. The van der Waals surface area contributed by atoms with Crippen molar-refractivity contribution >= 4 is 11.6 Å². The molecule has 0 bridgehead atoms. The van der Waals surface area contributed by atoms with Crippen molar-refractivity contribution in [2.24, 2.45) is 0 Å². The molecule has 0 radical (unpaired) electrons. The Labute approximate surface area is 97.7 Å². The standard InChI is InChI=1S/C10H11ClN4O/c1-6-3-4-15(14-6)10-12-8(7(2)16)5-9(11)13-10/h3-5,7,16H,1-2H3. The zero-order valence-corrected chi connectivity index (χ0v) is 9.68. The van der Waals surface area contributed by atoms with Gasteiger partial charge >= 0.3 is 0 Å². The van der Waals surface area contributed by atoms with Gasteiger partial charge in [-0.15, -0.1) is 0 Å². The van der Waals surface area contributed by atoms with E-state index in [2.05, 4.69) is 15.1 Å². The lowest BCUT2D eigenvalue weighted by atomic mass is 10.3. The van der Waals surface area contributed by atoms with Gasteiger partial charge in [0, 0.05) is 6.20 Å². The number of aromatic nitrogens is 4. The SMILES string of the molecule is Cc1ccn(-c2nc(Cl)cc(C(C)O)n2)n1. The van der Waals surface area contributed by atoms with E-state index in [0.717, 1.165) is 5.69 Å². The number of hydrogen-bond donors (Lipinski definition) is 1. The minimum Gasteiger partial charge on any atom is -0.387 e. The first-order valence-electron chi connectivity index (χ1n) is 4.81. The molecule has 0 saturated carbocycles. The molecule has 1 atom stereocenters. The van der Waals surface area contributed by atoms with Crippen LogP contribution >= 0.6 is 11.6 Å². The molecule has 84 valence electrons. The summed E-state index contributed by atoms with van der Waals surface area (Å²) in [6, 6.07) is 3.37. The zero-order chi connectivity index (χ0) is 11.7. The Balaban J connectivity index is 2.49. The first-order valence-corrected chi connectivity index (χ1v) is 5.19. The molecule has 0 fully saturated rings. The maximum Gasteiger partial charge on any atom is 0.252 e. The highest BCUT2D eigenvalue weighted by molar-refractivity contribution is 6.29. The second kappa shape index (κ2) is 4.19. The van der Waals surface area contributed by atoms with Crippen LogP contribution in [0.2, 0.25) is 5.15 Å². The fraction of sp³-hybridized carbons (Fsp3) is 0.300. The van der Waals surface area contributed by atoms with Crippen LogP contribution in [0.4, 0.5) is 0 Å². The third kappa shape index (κ3) is 2.20.